The maximum absolute atomic E-state index is 13.1. The number of hydrogen-bond acceptors (Lipinski definition) is 3. The number of hydrogen-bond donors (Lipinski definition) is 1. The van der Waals surface area contributed by atoms with E-state index in [1.807, 2.05) is 12.1 Å². The number of aryl methyl sites for hydroxylation is 1. The van der Waals surface area contributed by atoms with E-state index >= 15 is 0 Å². The van der Waals surface area contributed by atoms with Crippen LogP contribution in [0, 0.1) is 23.2 Å². The molecule has 4 aliphatic rings. The Morgan fingerprint density at radius 2 is 1.53 bits per heavy atom. The van der Waals surface area contributed by atoms with Crippen molar-refractivity contribution in [1.29, 1.82) is 0 Å². The number of nitrogens with zero attached hydrogens (tertiary/aromatic N) is 2. The first-order valence-electron chi connectivity index (χ1n) is 13.9. The zero-order valence-corrected chi connectivity index (χ0v) is 22.5. The molecule has 0 heterocycles. The van der Waals surface area contributed by atoms with E-state index in [0.717, 1.165) is 76.4 Å². The summed E-state index contributed by atoms with van der Waals surface area (Å²) in [5, 5.41) is 3.88. The molecule has 0 aromatic heterocycles. The van der Waals surface area contributed by atoms with Crippen LogP contribution >= 0.6 is 11.6 Å². The van der Waals surface area contributed by atoms with Crippen molar-refractivity contribution in [1.82, 2.24) is 15.1 Å². The number of carbonyl (C=O) groups excluding carboxylic acids is 1. The number of amides is 1. The predicted molar refractivity (Wildman–Crippen MR) is 143 cm³/mol. The van der Waals surface area contributed by atoms with Gasteiger partial charge in [-0.3, -0.25) is 4.79 Å². The summed E-state index contributed by atoms with van der Waals surface area (Å²) in [7, 11) is 0. The molecule has 34 heavy (non-hydrogen) atoms. The topological polar surface area (TPSA) is 35.6 Å². The van der Waals surface area contributed by atoms with Gasteiger partial charge in [-0.2, -0.15) is 0 Å². The second kappa shape index (κ2) is 11.8. The van der Waals surface area contributed by atoms with Crippen LogP contribution in [0.3, 0.4) is 0 Å². The first-order chi connectivity index (χ1) is 16.4. The van der Waals surface area contributed by atoms with Gasteiger partial charge in [-0.05, 0) is 118 Å². The molecule has 5 rings (SSSR count). The molecular weight excluding hydrogens is 442 g/mol. The highest BCUT2D eigenvalue weighted by atomic mass is 35.5. The molecule has 4 fully saturated rings. The van der Waals surface area contributed by atoms with Crippen molar-refractivity contribution < 1.29 is 4.79 Å². The molecule has 0 unspecified atom stereocenters. The quantitative estimate of drug-likeness (QED) is 0.377. The van der Waals surface area contributed by atoms with Gasteiger partial charge >= 0.3 is 0 Å². The molecule has 0 radical (unpaired) electrons. The minimum Gasteiger partial charge on any atom is -0.351 e. The molecule has 4 saturated carbocycles. The Hall–Kier alpha value is -1.10. The van der Waals surface area contributed by atoms with Gasteiger partial charge in [0.05, 0.1) is 10.6 Å². The van der Waals surface area contributed by atoms with E-state index in [0.29, 0.717) is 16.0 Å². The Kier molecular flexibility index (Phi) is 8.98. The summed E-state index contributed by atoms with van der Waals surface area (Å²) >= 11 is 6.48. The monoisotopic (exact) mass is 487 g/mol. The molecule has 0 spiro atoms. The van der Waals surface area contributed by atoms with E-state index in [4.69, 9.17) is 11.6 Å². The molecule has 1 aromatic rings. The first kappa shape index (κ1) is 26.0. The lowest BCUT2D eigenvalue weighted by Gasteiger charge is -2.56. The minimum atomic E-state index is 0.0111. The zero-order chi connectivity index (χ0) is 24.1. The lowest BCUT2D eigenvalue weighted by Crippen LogP contribution is -2.51. The lowest BCUT2D eigenvalue weighted by molar-refractivity contribution is -0.0503. The van der Waals surface area contributed by atoms with Crippen LogP contribution in [0.25, 0.3) is 0 Å². The molecule has 0 atom stereocenters. The van der Waals surface area contributed by atoms with Crippen molar-refractivity contribution in [2.75, 3.05) is 45.8 Å². The lowest BCUT2D eigenvalue weighted by atomic mass is 9.49. The zero-order valence-electron chi connectivity index (χ0n) is 21.8. The van der Waals surface area contributed by atoms with Gasteiger partial charge in [-0.1, -0.05) is 38.4 Å². The van der Waals surface area contributed by atoms with E-state index in [2.05, 4.69) is 42.0 Å². The molecule has 0 saturated heterocycles. The van der Waals surface area contributed by atoms with Crippen molar-refractivity contribution in [3.05, 3.63) is 34.3 Å². The molecule has 1 aromatic carbocycles. The van der Waals surface area contributed by atoms with Crippen LogP contribution in [0.4, 0.5) is 0 Å². The third-order valence-corrected chi connectivity index (χ3v) is 9.41. The summed E-state index contributed by atoms with van der Waals surface area (Å²) in [4.78, 5) is 18.2. The maximum Gasteiger partial charge on any atom is 0.252 e. The van der Waals surface area contributed by atoms with E-state index in [1.165, 1.54) is 44.1 Å². The fourth-order valence-electron chi connectivity index (χ4n) is 7.53. The third-order valence-electron chi connectivity index (χ3n) is 9.08. The van der Waals surface area contributed by atoms with Gasteiger partial charge in [0.25, 0.3) is 5.91 Å². The van der Waals surface area contributed by atoms with E-state index in [9.17, 15) is 4.79 Å². The average molecular weight is 488 g/mol. The Morgan fingerprint density at radius 1 is 0.941 bits per heavy atom. The van der Waals surface area contributed by atoms with Crippen LogP contribution in [0.1, 0.15) is 81.6 Å². The number of halogens is 1. The second-order valence-corrected chi connectivity index (χ2v) is 11.9. The maximum atomic E-state index is 13.1. The molecule has 5 heteroatoms. The van der Waals surface area contributed by atoms with E-state index in [-0.39, 0.29) is 5.91 Å². The smallest absolute Gasteiger partial charge is 0.252 e. The number of likely N-dealkylation sites (N-methyl/N-ethyl adjacent to an activating group) is 2. The number of benzene rings is 1. The molecule has 4 nitrogen and oxygen atoms in total. The summed E-state index contributed by atoms with van der Waals surface area (Å²) in [6, 6.07) is 6.03. The normalized spacial score (nSPS) is 27.6. The Morgan fingerprint density at radius 3 is 2.12 bits per heavy atom. The van der Waals surface area contributed by atoms with Crippen molar-refractivity contribution in [3.63, 3.8) is 0 Å². The van der Waals surface area contributed by atoms with Crippen LogP contribution in [0.5, 0.6) is 0 Å². The van der Waals surface area contributed by atoms with Gasteiger partial charge in [0.15, 0.2) is 0 Å². The van der Waals surface area contributed by atoms with Gasteiger partial charge in [0.2, 0.25) is 0 Å². The first-order valence-corrected chi connectivity index (χ1v) is 14.3. The standard InChI is InChI=1S/C29H46ClN3O/c1-4-32(5-2)12-13-33(6-3)11-7-8-22-9-10-27(30)26(17-22)28(34)31-21-29-18-23-14-24(19-29)16-25(15-23)20-29/h9-10,17,23-25H,4-8,11-16,18-21H2,1-3H3,(H,31,34). The molecular formula is C29H46ClN3O. The van der Waals surface area contributed by atoms with Crippen LogP contribution in [-0.4, -0.2) is 61.5 Å². The number of rotatable bonds is 13. The van der Waals surface area contributed by atoms with Crippen LogP contribution < -0.4 is 5.32 Å². The average Bonchev–Trinajstić information content (AvgIpc) is 2.82. The minimum absolute atomic E-state index is 0.0111. The van der Waals surface area contributed by atoms with Crippen LogP contribution in [0.15, 0.2) is 18.2 Å². The second-order valence-electron chi connectivity index (χ2n) is 11.5. The van der Waals surface area contributed by atoms with Gasteiger partial charge in [0, 0.05) is 19.6 Å². The van der Waals surface area contributed by atoms with E-state index in [1.54, 1.807) is 0 Å². The highest BCUT2D eigenvalue weighted by Crippen LogP contribution is 2.59. The van der Waals surface area contributed by atoms with Gasteiger partial charge in [-0.15, -0.1) is 0 Å². The molecule has 4 aliphatic carbocycles. The van der Waals surface area contributed by atoms with Gasteiger partial charge in [0.1, 0.15) is 0 Å². The number of carbonyl (C=O) groups is 1. The summed E-state index contributed by atoms with van der Waals surface area (Å²) < 4.78 is 0. The summed E-state index contributed by atoms with van der Waals surface area (Å²) in [5.41, 5.74) is 2.21. The van der Waals surface area contributed by atoms with Crippen molar-refractivity contribution in [2.24, 2.45) is 23.2 Å². The van der Waals surface area contributed by atoms with Gasteiger partial charge < -0.3 is 15.1 Å². The fourth-order valence-corrected chi connectivity index (χ4v) is 7.73. The van der Waals surface area contributed by atoms with E-state index < -0.39 is 0 Å². The highest BCUT2D eigenvalue weighted by molar-refractivity contribution is 6.33. The summed E-state index contributed by atoms with van der Waals surface area (Å²) in [6.45, 7) is 14.2. The molecule has 190 valence electrons. The third kappa shape index (κ3) is 6.36. The Bertz CT molecular complexity index is 786. The summed E-state index contributed by atoms with van der Waals surface area (Å²) in [5.74, 6) is 2.73. The number of nitrogens with one attached hydrogen (secondary N) is 1. The predicted octanol–water partition coefficient (Wildman–Crippen LogP) is 5.88. The van der Waals surface area contributed by atoms with Crippen molar-refractivity contribution in [2.45, 2.75) is 72.1 Å². The van der Waals surface area contributed by atoms with Crippen molar-refractivity contribution >= 4 is 17.5 Å². The Balaban J connectivity index is 1.27. The molecule has 1 amide bonds. The fraction of sp³-hybridized carbons (Fsp3) is 0.759. The molecule has 1 N–H and O–H groups in total. The van der Waals surface area contributed by atoms with Crippen LogP contribution in [0.2, 0.25) is 5.02 Å². The van der Waals surface area contributed by atoms with Crippen molar-refractivity contribution in [3.8, 4) is 0 Å². The molecule has 0 aliphatic heterocycles. The Labute approximate surface area is 212 Å². The SMILES string of the molecule is CCN(CC)CCN(CC)CCCc1ccc(Cl)c(C(=O)NCC23CC4CC(CC(C4)C2)C3)c1. The van der Waals surface area contributed by atoms with Gasteiger partial charge in [-0.25, -0.2) is 0 Å². The molecule has 4 bridgehead atoms. The largest absolute Gasteiger partial charge is 0.351 e. The van der Waals surface area contributed by atoms with Crippen LogP contribution in [-0.2, 0) is 6.42 Å². The summed E-state index contributed by atoms with van der Waals surface area (Å²) in [6.07, 6.45) is 10.3. The highest BCUT2D eigenvalue weighted by Gasteiger charge is 2.50.